The molecular weight excluding hydrogens is 206 g/mol. The van der Waals surface area contributed by atoms with Gasteiger partial charge in [-0.1, -0.05) is 36.4 Å². The standard InChI is InChI=1S/C16H21N/c1-13-6-5-10-16(12-13)15-8-4-3-7-14(15)9-11-17(16)2/h3-4,7-8H,1,5-6,9-12H2,2H3. The Morgan fingerprint density at radius 2 is 2.06 bits per heavy atom. The Morgan fingerprint density at radius 1 is 1.24 bits per heavy atom. The van der Waals surface area contributed by atoms with Crippen LogP contribution in [-0.4, -0.2) is 18.5 Å². The fourth-order valence-corrected chi connectivity index (χ4v) is 3.68. The molecule has 0 aromatic heterocycles. The van der Waals surface area contributed by atoms with E-state index in [-0.39, 0.29) is 5.54 Å². The number of hydrogen-bond donors (Lipinski definition) is 0. The third-order valence-corrected chi connectivity index (χ3v) is 4.63. The summed E-state index contributed by atoms with van der Waals surface area (Å²) < 4.78 is 0. The Morgan fingerprint density at radius 3 is 2.88 bits per heavy atom. The molecule has 1 aromatic carbocycles. The fourth-order valence-electron chi connectivity index (χ4n) is 3.68. The van der Waals surface area contributed by atoms with Crippen LogP contribution in [0.1, 0.15) is 36.8 Å². The van der Waals surface area contributed by atoms with E-state index < -0.39 is 0 Å². The molecule has 0 amide bonds. The number of likely N-dealkylation sites (N-methyl/N-ethyl adjacent to an activating group) is 1. The fraction of sp³-hybridized carbons (Fsp3) is 0.500. The number of nitrogens with zero attached hydrogens (tertiary/aromatic N) is 1. The number of rotatable bonds is 0. The second kappa shape index (κ2) is 3.99. The van der Waals surface area contributed by atoms with Crippen molar-refractivity contribution in [2.24, 2.45) is 0 Å². The monoisotopic (exact) mass is 227 g/mol. The average Bonchev–Trinajstić information content (AvgIpc) is 2.35. The summed E-state index contributed by atoms with van der Waals surface area (Å²) in [5.74, 6) is 0. The first-order valence-corrected chi connectivity index (χ1v) is 6.69. The summed E-state index contributed by atoms with van der Waals surface area (Å²) >= 11 is 0. The Hall–Kier alpha value is -1.08. The van der Waals surface area contributed by atoms with Gasteiger partial charge in [-0.15, -0.1) is 0 Å². The minimum atomic E-state index is 0.254. The normalized spacial score (nSPS) is 29.4. The van der Waals surface area contributed by atoms with Crippen LogP contribution in [0, 0.1) is 0 Å². The predicted octanol–water partition coefficient (Wildman–Crippen LogP) is 3.50. The second-order valence-corrected chi connectivity index (χ2v) is 5.64. The van der Waals surface area contributed by atoms with Crippen molar-refractivity contribution in [3.05, 3.63) is 47.5 Å². The molecule has 90 valence electrons. The Labute approximate surface area is 104 Å². The molecule has 1 aromatic rings. The lowest BCUT2D eigenvalue weighted by Crippen LogP contribution is -2.49. The van der Waals surface area contributed by atoms with Gasteiger partial charge in [0.2, 0.25) is 0 Å². The molecule has 17 heavy (non-hydrogen) atoms. The van der Waals surface area contributed by atoms with Crippen molar-refractivity contribution in [3.63, 3.8) is 0 Å². The third-order valence-electron chi connectivity index (χ3n) is 4.63. The predicted molar refractivity (Wildman–Crippen MR) is 72.1 cm³/mol. The molecule has 1 unspecified atom stereocenters. The van der Waals surface area contributed by atoms with Crippen LogP contribution in [0.15, 0.2) is 36.4 Å². The van der Waals surface area contributed by atoms with E-state index in [1.54, 1.807) is 11.1 Å². The number of hydrogen-bond acceptors (Lipinski definition) is 1. The van der Waals surface area contributed by atoms with Crippen LogP contribution in [0.3, 0.4) is 0 Å². The van der Waals surface area contributed by atoms with Gasteiger partial charge in [0.15, 0.2) is 0 Å². The zero-order valence-electron chi connectivity index (χ0n) is 10.7. The highest BCUT2D eigenvalue weighted by Crippen LogP contribution is 2.46. The van der Waals surface area contributed by atoms with Gasteiger partial charge in [0.05, 0.1) is 0 Å². The van der Waals surface area contributed by atoms with Crippen LogP contribution in [0.2, 0.25) is 0 Å². The maximum absolute atomic E-state index is 4.24. The number of benzene rings is 1. The summed E-state index contributed by atoms with van der Waals surface area (Å²) in [6.07, 6.45) is 6.15. The molecule has 2 aliphatic rings. The molecule has 0 radical (unpaired) electrons. The maximum Gasteiger partial charge on any atom is 0.0497 e. The lowest BCUT2D eigenvalue weighted by atomic mass is 9.70. The first-order chi connectivity index (χ1) is 8.22. The van der Waals surface area contributed by atoms with Crippen molar-refractivity contribution >= 4 is 0 Å². The lowest BCUT2D eigenvalue weighted by molar-refractivity contribution is 0.0798. The van der Waals surface area contributed by atoms with Crippen LogP contribution >= 0.6 is 0 Å². The third kappa shape index (κ3) is 1.64. The van der Waals surface area contributed by atoms with Crippen LogP contribution in [0.25, 0.3) is 0 Å². The van der Waals surface area contributed by atoms with Gasteiger partial charge in [-0.3, -0.25) is 4.90 Å². The van der Waals surface area contributed by atoms with Crippen molar-refractivity contribution < 1.29 is 0 Å². The SMILES string of the molecule is C=C1CCCC2(C1)c1ccccc1CCN2C. The van der Waals surface area contributed by atoms with E-state index in [0.29, 0.717) is 0 Å². The highest BCUT2D eigenvalue weighted by molar-refractivity contribution is 5.38. The summed E-state index contributed by atoms with van der Waals surface area (Å²) in [7, 11) is 2.29. The van der Waals surface area contributed by atoms with Crippen LogP contribution < -0.4 is 0 Å². The Balaban J connectivity index is 2.10. The molecular formula is C16H21N. The van der Waals surface area contributed by atoms with Crippen molar-refractivity contribution in [1.29, 1.82) is 0 Å². The highest BCUT2D eigenvalue weighted by atomic mass is 15.2. The molecule has 1 heterocycles. The van der Waals surface area contributed by atoms with Gasteiger partial charge < -0.3 is 0 Å². The second-order valence-electron chi connectivity index (χ2n) is 5.64. The van der Waals surface area contributed by atoms with Crippen LogP contribution in [0.5, 0.6) is 0 Å². The van der Waals surface area contributed by atoms with E-state index in [2.05, 4.69) is 42.8 Å². The summed E-state index contributed by atoms with van der Waals surface area (Å²) in [6.45, 7) is 5.43. The van der Waals surface area contributed by atoms with Gasteiger partial charge in [-0.05, 0) is 50.3 Å². The summed E-state index contributed by atoms with van der Waals surface area (Å²) in [4.78, 5) is 2.57. The largest absolute Gasteiger partial charge is 0.296 e. The topological polar surface area (TPSA) is 3.24 Å². The molecule has 1 atom stereocenters. The summed E-state index contributed by atoms with van der Waals surface area (Å²) in [5, 5.41) is 0. The first kappa shape index (κ1) is 11.0. The van der Waals surface area contributed by atoms with E-state index in [0.717, 1.165) is 6.42 Å². The number of fused-ring (bicyclic) bond motifs is 2. The highest BCUT2D eigenvalue weighted by Gasteiger charge is 2.42. The van der Waals surface area contributed by atoms with Gasteiger partial charge >= 0.3 is 0 Å². The molecule has 1 aliphatic carbocycles. The van der Waals surface area contributed by atoms with Crippen LogP contribution in [0.4, 0.5) is 0 Å². The minimum Gasteiger partial charge on any atom is -0.296 e. The van der Waals surface area contributed by atoms with Gasteiger partial charge in [0.25, 0.3) is 0 Å². The molecule has 1 nitrogen and oxygen atoms in total. The smallest absolute Gasteiger partial charge is 0.0497 e. The Bertz CT molecular complexity index is 449. The van der Waals surface area contributed by atoms with Crippen molar-refractivity contribution in [3.8, 4) is 0 Å². The molecule has 1 fully saturated rings. The van der Waals surface area contributed by atoms with E-state index in [9.17, 15) is 0 Å². The van der Waals surface area contributed by atoms with Gasteiger partial charge in [-0.2, -0.15) is 0 Å². The zero-order valence-corrected chi connectivity index (χ0v) is 10.7. The quantitative estimate of drug-likeness (QED) is 0.613. The molecule has 0 saturated heterocycles. The molecule has 1 spiro atoms. The maximum atomic E-state index is 4.24. The zero-order chi connectivity index (χ0) is 11.9. The van der Waals surface area contributed by atoms with Gasteiger partial charge in [0.1, 0.15) is 0 Å². The Kier molecular flexibility index (Phi) is 2.59. The molecule has 1 aliphatic heterocycles. The average molecular weight is 227 g/mol. The summed E-state index contributed by atoms with van der Waals surface area (Å²) in [6, 6.07) is 9.01. The molecule has 3 rings (SSSR count). The molecule has 1 saturated carbocycles. The first-order valence-electron chi connectivity index (χ1n) is 6.69. The van der Waals surface area contributed by atoms with Crippen molar-refractivity contribution in [2.45, 2.75) is 37.6 Å². The van der Waals surface area contributed by atoms with Gasteiger partial charge in [-0.25, -0.2) is 0 Å². The van der Waals surface area contributed by atoms with E-state index >= 15 is 0 Å². The molecule has 0 bridgehead atoms. The van der Waals surface area contributed by atoms with Crippen molar-refractivity contribution in [2.75, 3.05) is 13.6 Å². The summed E-state index contributed by atoms with van der Waals surface area (Å²) in [5.41, 5.74) is 4.80. The van der Waals surface area contributed by atoms with E-state index in [1.165, 1.54) is 37.8 Å². The molecule has 1 heteroatoms. The van der Waals surface area contributed by atoms with Crippen molar-refractivity contribution in [1.82, 2.24) is 4.90 Å². The lowest BCUT2D eigenvalue weighted by Gasteiger charge is -2.49. The van der Waals surface area contributed by atoms with Crippen LogP contribution in [-0.2, 0) is 12.0 Å². The minimum absolute atomic E-state index is 0.254. The van der Waals surface area contributed by atoms with E-state index in [4.69, 9.17) is 0 Å². The van der Waals surface area contributed by atoms with E-state index in [1.807, 2.05) is 0 Å². The van der Waals surface area contributed by atoms with Gasteiger partial charge in [0, 0.05) is 12.1 Å². The molecule has 0 N–H and O–H groups in total.